The van der Waals surface area contributed by atoms with Gasteiger partial charge in [0.1, 0.15) is 23.8 Å². The summed E-state index contributed by atoms with van der Waals surface area (Å²) in [6.07, 6.45) is -6.08. The summed E-state index contributed by atoms with van der Waals surface area (Å²) in [6, 6.07) is 6.42. The molecule has 14 heteroatoms. The van der Waals surface area contributed by atoms with Gasteiger partial charge >= 0.3 is 12.1 Å². The fourth-order valence-corrected chi connectivity index (χ4v) is 4.41. The van der Waals surface area contributed by atoms with Gasteiger partial charge < -0.3 is 30.1 Å². The van der Waals surface area contributed by atoms with E-state index in [-0.39, 0.29) is 19.0 Å². The molecule has 11 nitrogen and oxygen atoms in total. The van der Waals surface area contributed by atoms with Crippen molar-refractivity contribution in [3.05, 3.63) is 47.9 Å². The maximum Gasteiger partial charge on any atom is 0.434 e. The minimum absolute atomic E-state index is 0.0209. The molecule has 1 aromatic heterocycles. The van der Waals surface area contributed by atoms with E-state index >= 15 is 0 Å². The Hall–Kier alpha value is -3.04. The van der Waals surface area contributed by atoms with Crippen molar-refractivity contribution in [2.24, 2.45) is 0 Å². The Morgan fingerprint density at radius 2 is 1.76 bits per heavy atom. The molecule has 4 atom stereocenters. The molecular formula is C24H30F3N5O6. The van der Waals surface area contributed by atoms with E-state index in [0.29, 0.717) is 18.5 Å². The molecule has 38 heavy (non-hydrogen) atoms. The van der Waals surface area contributed by atoms with Crippen LogP contribution in [-0.4, -0.2) is 111 Å². The zero-order valence-corrected chi connectivity index (χ0v) is 20.4. The Kier molecular flexibility index (Phi) is 8.99. The number of carboxylic acid groups (broad SMARTS) is 1. The van der Waals surface area contributed by atoms with Crippen molar-refractivity contribution >= 4 is 11.8 Å². The minimum atomic E-state index is -4.65. The van der Waals surface area contributed by atoms with Gasteiger partial charge in [-0.05, 0) is 17.7 Å². The Morgan fingerprint density at radius 1 is 1.08 bits per heavy atom. The number of halogens is 3. The first kappa shape index (κ1) is 28.0. The number of benzene rings is 1. The van der Waals surface area contributed by atoms with E-state index in [4.69, 9.17) is 14.6 Å². The van der Waals surface area contributed by atoms with Gasteiger partial charge in [-0.15, -0.1) is 0 Å². The lowest BCUT2D eigenvalue weighted by Gasteiger charge is -2.42. The molecule has 0 radical (unpaired) electrons. The normalized spacial score (nSPS) is 25.2. The van der Waals surface area contributed by atoms with Crippen molar-refractivity contribution in [2.75, 3.05) is 51.3 Å². The van der Waals surface area contributed by atoms with Gasteiger partial charge in [0.2, 0.25) is 0 Å². The molecule has 2 aliphatic rings. The second-order valence-corrected chi connectivity index (χ2v) is 9.29. The van der Waals surface area contributed by atoms with Gasteiger partial charge in [0.05, 0.1) is 31.1 Å². The molecule has 4 N–H and O–H groups in total. The smallest absolute Gasteiger partial charge is 0.434 e. The highest BCUT2D eigenvalue weighted by Gasteiger charge is 2.40. The highest BCUT2D eigenvalue weighted by atomic mass is 19.4. The van der Waals surface area contributed by atoms with Crippen LogP contribution in [0.3, 0.4) is 0 Å². The topological polar surface area (TPSA) is 141 Å². The Bertz CT molecular complexity index is 1070. The number of aliphatic hydroxyl groups excluding tert-OH is 2. The maximum atomic E-state index is 12.9. The quantitative estimate of drug-likeness (QED) is 0.356. The lowest BCUT2D eigenvalue weighted by molar-refractivity contribution is -0.148. The van der Waals surface area contributed by atoms with E-state index in [1.807, 2.05) is 12.1 Å². The molecule has 0 spiro atoms. The molecule has 2 aliphatic heterocycles. The molecule has 2 aromatic rings. The van der Waals surface area contributed by atoms with Crippen LogP contribution in [0.4, 0.5) is 19.0 Å². The van der Waals surface area contributed by atoms with Gasteiger partial charge in [0.25, 0.3) is 0 Å². The zero-order chi connectivity index (χ0) is 27.3. The fourth-order valence-electron chi connectivity index (χ4n) is 4.41. The maximum absolute atomic E-state index is 12.9. The van der Waals surface area contributed by atoms with Gasteiger partial charge in [0, 0.05) is 39.3 Å². The van der Waals surface area contributed by atoms with E-state index < -0.39 is 42.2 Å². The molecule has 2 saturated heterocycles. The van der Waals surface area contributed by atoms with Gasteiger partial charge in [0.15, 0.2) is 12.3 Å². The van der Waals surface area contributed by atoms with Crippen molar-refractivity contribution in [2.45, 2.75) is 37.1 Å². The number of aromatic nitrogens is 2. The van der Waals surface area contributed by atoms with Crippen LogP contribution in [0.25, 0.3) is 0 Å². The van der Waals surface area contributed by atoms with Crippen molar-refractivity contribution < 1.29 is 42.8 Å². The fraction of sp³-hybridized carbons (Fsp3) is 0.542. The summed E-state index contributed by atoms with van der Waals surface area (Å²) in [5.74, 6) is -0.708. The molecule has 4 rings (SSSR count). The minimum Gasteiger partial charge on any atom is -0.482 e. The third-order valence-corrected chi connectivity index (χ3v) is 6.49. The number of hydrogen-bond donors (Lipinski definition) is 4. The lowest BCUT2D eigenvalue weighted by atomic mass is 9.97. The number of alkyl halides is 3. The monoisotopic (exact) mass is 541 g/mol. The summed E-state index contributed by atoms with van der Waals surface area (Å²) < 4.78 is 49.6. The molecule has 2 fully saturated rings. The number of aliphatic carboxylic acids is 1. The highest BCUT2D eigenvalue weighted by molar-refractivity contribution is 5.68. The zero-order valence-electron chi connectivity index (χ0n) is 20.4. The second kappa shape index (κ2) is 12.2. The van der Waals surface area contributed by atoms with Crippen molar-refractivity contribution in [3.8, 4) is 5.75 Å². The van der Waals surface area contributed by atoms with Crippen LogP contribution in [0.5, 0.6) is 5.75 Å². The van der Waals surface area contributed by atoms with Gasteiger partial charge in [-0.2, -0.15) is 13.2 Å². The first-order valence-electron chi connectivity index (χ1n) is 12.1. The number of carbonyl (C=O) groups is 1. The van der Waals surface area contributed by atoms with E-state index in [0.717, 1.165) is 44.5 Å². The molecule has 3 heterocycles. The summed E-state index contributed by atoms with van der Waals surface area (Å²) in [5, 5.41) is 32.6. The van der Waals surface area contributed by atoms with E-state index in [1.165, 1.54) is 0 Å². The first-order chi connectivity index (χ1) is 18.1. The standard InChI is InChI=1S/C24H30F3N5O6/c25-24(26,27)19-9-28-10-20(30-19)29-17-13-38-18(23(36)22(17)35)12-32-7-5-31(6-8-32)11-15-1-3-16(4-2-15)37-14-21(33)34/h1-4,9-10,17-18,22-23,35-36H,5-8,11-14H2,(H,29,30)(H,33,34)/t17-,18+,22+,23-/m0/s1. The lowest BCUT2D eigenvalue weighted by Crippen LogP contribution is -2.59. The molecule has 0 saturated carbocycles. The number of hydrogen-bond acceptors (Lipinski definition) is 10. The largest absolute Gasteiger partial charge is 0.482 e. The van der Waals surface area contributed by atoms with Crippen LogP contribution in [0.2, 0.25) is 0 Å². The SMILES string of the molecule is O=C(O)COc1ccc(CN2CCN(C[C@H]3OC[C@H](Nc4cncc(C(F)(F)F)n4)[C@@H](O)[C@H]3O)CC2)cc1. The first-order valence-corrected chi connectivity index (χ1v) is 12.1. The van der Waals surface area contributed by atoms with Crippen LogP contribution in [-0.2, 0) is 22.3 Å². The Labute approximate surface area is 216 Å². The third kappa shape index (κ3) is 7.51. The number of ether oxygens (including phenoxy) is 2. The number of aliphatic hydroxyl groups is 2. The van der Waals surface area contributed by atoms with Gasteiger partial charge in [-0.25, -0.2) is 9.78 Å². The highest BCUT2D eigenvalue weighted by Crippen LogP contribution is 2.28. The summed E-state index contributed by atoms with van der Waals surface area (Å²) in [6.45, 7) is 3.72. The summed E-state index contributed by atoms with van der Waals surface area (Å²) in [7, 11) is 0. The van der Waals surface area contributed by atoms with Gasteiger partial charge in [-0.3, -0.25) is 14.8 Å². The predicted octanol–water partition coefficient (Wildman–Crippen LogP) is 0.678. The van der Waals surface area contributed by atoms with E-state index in [9.17, 15) is 28.2 Å². The number of carboxylic acids is 1. The molecule has 208 valence electrons. The van der Waals surface area contributed by atoms with Crippen LogP contribution < -0.4 is 10.1 Å². The Morgan fingerprint density at radius 3 is 2.42 bits per heavy atom. The van der Waals surface area contributed by atoms with Crippen LogP contribution >= 0.6 is 0 Å². The van der Waals surface area contributed by atoms with E-state index in [1.54, 1.807) is 12.1 Å². The molecule has 0 unspecified atom stereocenters. The molecular weight excluding hydrogens is 511 g/mol. The average molecular weight is 542 g/mol. The van der Waals surface area contributed by atoms with Crippen LogP contribution in [0.15, 0.2) is 36.7 Å². The number of rotatable bonds is 9. The van der Waals surface area contributed by atoms with Crippen LogP contribution in [0, 0.1) is 0 Å². The summed E-state index contributed by atoms with van der Waals surface area (Å²) >= 11 is 0. The summed E-state index contributed by atoms with van der Waals surface area (Å²) in [5.41, 5.74) is -0.0904. The number of nitrogens with one attached hydrogen (secondary N) is 1. The van der Waals surface area contributed by atoms with Crippen molar-refractivity contribution in [3.63, 3.8) is 0 Å². The second-order valence-electron chi connectivity index (χ2n) is 9.29. The molecule has 0 aliphatic carbocycles. The number of anilines is 1. The number of nitrogens with zero attached hydrogens (tertiary/aromatic N) is 4. The van der Waals surface area contributed by atoms with Gasteiger partial charge in [-0.1, -0.05) is 12.1 Å². The van der Waals surface area contributed by atoms with Crippen molar-refractivity contribution in [1.29, 1.82) is 0 Å². The average Bonchev–Trinajstić information content (AvgIpc) is 2.89. The van der Waals surface area contributed by atoms with Crippen LogP contribution in [0.1, 0.15) is 11.3 Å². The number of piperazine rings is 1. The predicted molar refractivity (Wildman–Crippen MR) is 127 cm³/mol. The van der Waals surface area contributed by atoms with E-state index in [2.05, 4.69) is 25.1 Å². The Balaban J connectivity index is 1.21. The molecule has 1 aromatic carbocycles. The summed E-state index contributed by atoms with van der Waals surface area (Å²) in [4.78, 5) is 22.0. The van der Waals surface area contributed by atoms with Crippen molar-refractivity contribution in [1.82, 2.24) is 19.8 Å². The molecule has 0 bridgehead atoms. The molecule has 0 amide bonds. The third-order valence-electron chi connectivity index (χ3n) is 6.49.